The Hall–Kier alpha value is -7.62. The Labute approximate surface area is 459 Å². The van der Waals surface area contributed by atoms with Crippen LogP contribution in [0.2, 0.25) is 0 Å². The van der Waals surface area contributed by atoms with Crippen LogP contribution in [-0.4, -0.2) is 156 Å². The Bertz CT molecular complexity index is 2210. The first kappa shape index (κ1) is 64.7. The zero-order valence-corrected chi connectivity index (χ0v) is 45.9. The van der Waals surface area contributed by atoms with Gasteiger partial charge in [0.25, 0.3) is 0 Å². The Morgan fingerprint density at radius 2 is 0.859 bits per heavy atom. The number of thioether (sulfide) groups is 2. The number of carbonyl (C=O) groups is 12. The lowest BCUT2D eigenvalue weighted by Gasteiger charge is -2.26. The summed E-state index contributed by atoms with van der Waals surface area (Å²) < 4.78 is 21.6. The standard InChI is InChI=1S/C50H70N10O16S2/c1-7-15-35-47(69)73-23-37(59-49(71)75-21-33-17-11-9-12-18-33)43(65)53-30(4)42(64)58-40(26-78-28-52-32(6)62)46(68)56-36(16-8-2)48(70)74-24-38(60-50(72)76-22-34-19-13-10-14-20-34)44(66)54-29(3)41(63)57-39(45(67)55-35)25-77-27-51-31(5)61/h9-14,17-20,29-30,35-40H,7-8,15-16,21-28H2,1-6H3,(H,51,61)(H,52,62)(H,53,65)(H,54,66)(H,55,67)(H,56,68)(H,57,63)(H,58,64)(H,59,71)(H,60,72). The SMILES string of the molecule is CCCC1NC(=O)C(CSCNC(C)=O)NC(=O)C(C)NC(=O)C(NC(=O)OCc2ccccc2)COC(=O)C(CCC)NC(=O)C(CSCNC(C)=O)NC(=O)C(C)NC(=O)C(NC(=O)OCc2ccccc2)COC1=O. The van der Waals surface area contributed by atoms with Crippen molar-refractivity contribution < 1.29 is 76.5 Å². The van der Waals surface area contributed by atoms with Gasteiger partial charge in [-0.3, -0.25) is 38.4 Å². The first-order chi connectivity index (χ1) is 37.2. The molecule has 0 bridgehead atoms. The van der Waals surface area contributed by atoms with Crippen LogP contribution in [0.15, 0.2) is 60.7 Å². The molecule has 2 aromatic rings. The van der Waals surface area contributed by atoms with Gasteiger partial charge < -0.3 is 72.1 Å². The summed E-state index contributed by atoms with van der Waals surface area (Å²) in [6.07, 6.45) is -1.69. The lowest BCUT2D eigenvalue weighted by atomic mass is 10.1. The molecule has 28 heteroatoms. The highest BCUT2D eigenvalue weighted by atomic mass is 32.2. The summed E-state index contributed by atoms with van der Waals surface area (Å²) in [4.78, 5) is 160. The van der Waals surface area contributed by atoms with Gasteiger partial charge in [-0.05, 0) is 37.8 Å². The molecule has 10 N–H and O–H groups in total. The van der Waals surface area contributed by atoms with Gasteiger partial charge in [-0.25, -0.2) is 19.2 Å². The van der Waals surface area contributed by atoms with Crippen LogP contribution >= 0.6 is 23.5 Å². The number of rotatable bonds is 18. The molecular formula is C50H70N10O16S2. The number of benzene rings is 2. The summed E-state index contributed by atoms with van der Waals surface area (Å²) in [7, 11) is 0. The van der Waals surface area contributed by atoms with Crippen molar-refractivity contribution in [3.63, 3.8) is 0 Å². The van der Waals surface area contributed by atoms with E-state index < -0.39 is 121 Å². The van der Waals surface area contributed by atoms with Gasteiger partial charge in [0.1, 0.15) is 74.8 Å². The number of amides is 10. The van der Waals surface area contributed by atoms with Gasteiger partial charge in [0.05, 0.1) is 11.8 Å². The summed E-state index contributed by atoms with van der Waals surface area (Å²) in [5.74, 6) is -9.05. The molecule has 0 saturated carbocycles. The number of esters is 2. The van der Waals surface area contributed by atoms with E-state index in [1.54, 1.807) is 74.5 Å². The second kappa shape index (κ2) is 34.9. The van der Waals surface area contributed by atoms with Gasteiger partial charge in [0.15, 0.2) is 0 Å². The fraction of sp³-hybridized carbons (Fsp3) is 0.520. The van der Waals surface area contributed by atoms with Crippen LogP contribution in [0.3, 0.4) is 0 Å². The van der Waals surface area contributed by atoms with Crippen molar-refractivity contribution in [3.8, 4) is 0 Å². The molecule has 26 nitrogen and oxygen atoms in total. The van der Waals surface area contributed by atoms with E-state index >= 15 is 0 Å². The number of alkyl carbamates (subject to hydrolysis) is 2. The maximum absolute atomic E-state index is 14.0. The maximum Gasteiger partial charge on any atom is 0.408 e. The topological polar surface area (TPSA) is 362 Å². The molecule has 1 saturated heterocycles. The molecule has 1 fully saturated rings. The first-order valence-corrected chi connectivity index (χ1v) is 27.3. The molecule has 1 aliphatic rings. The lowest BCUT2D eigenvalue weighted by molar-refractivity contribution is -0.151. The number of hydrogen-bond donors (Lipinski definition) is 10. The molecule has 0 spiro atoms. The fourth-order valence-corrected chi connectivity index (χ4v) is 8.50. The molecule has 78 heavy (non-hydrogen) atoms. The fourth-order valence-electron chi connectivity index (χ4n) is 6.71. The molecule has 1 heterocycles. The quantitative estimate of drug-likeness (QED) is 0.0403. The van der Waals surface area contributed by atoms with Gasteiger partial charge in [0.2, 0.25) is 47.3 Å². The van der Waals surface area contributed by atoms with Crippen LogP contribution < -0.4 is 53.2 Å². The maximum atomic E-state index is 14.0. The molecule has 0 aromatic heterocycles. The van der Waals surface area contributed by atoms with E-state index in [9.17, 15) is 57.5 Å². The van der Waals surface area contributed by atoms with Crippen molar-refractivity contribution in [2.45, 2.75) is 129 Å². The minimum Gasteiger partial charge on any atom is -0.461 e. The number of ether oxygens (including phenoxy) is 4. The lowest BCUT2D eigenvalue weighted by Crippen LogP contribution is -2.59. The summed E-state index contributed by atoms with van der Waals surface area (Å²) in [6.45, 7) is 6.27. The van der Waals surface area contributed by atoms with Crippen LogP contribution in [0.4, 0.5) is 9.59 Å². The van der Waals surface area contributed by atoms with Crippen molar-refractivity contribution in [1.29, 1.82) is 0 Å². The molecule has 8 atom stereocenters. The van der Waals surface area contributed by atoms with Gasteiger partial charge in [-0.1, -0.05) is 87.4 Å². The van der Waals surface area contributed by atoms with Gasteiger partial charge in [-0.15, -0.1) is 23.5 Å². The van der Waals surface area contributed by atoms with Crippen LogP contribution in [0.1, 0.15) is 78.4 Å². The molecular weight excluding hydrogens is 1060 g/mol. The predicted molar refractivity (Wildman–Crippen MR) is 284 cm³/mol. The van der Waals surface area contributed by atoms with Crippen LogP contribution in [-0.2, 0) is 80.1 Å². The van der Waals surface area contributed by atoms with Crippen LogP contribution in [0.5, 0.6) is 0 Å². The number of hydrogen-bond acceptors (Lipinski definition) is 18. The van der Waals surface area contributed by atoms with Gasteiger partial charge in [0, 0.05) is 25.4 Å². The second-order valence-electron chi connectivity index (χ2n) is 17.6. The minimum absolute atomic E-state index is 0.00103. The molecule has 3 rings (SSSR count). The predicted octanol–water partition coefficient (Wildman–Crippen LogP) is -0.121. The van der Waals surface area contributed by atoms with Crippen LogP contribution in [0.25, 0.3) is 0 Å². The summed E-state index contributed by atoms with van der Waals surface area (Å²) in [5, 5.41) is 24.7. The van der Waals surface area contributed by atoms with E-state index in [0.29, 0.717) is 24.0 Å². The summed E-state index contributed by atoms with van der Waals surface area (Å²) in [6, 6.07) is 5.03. The summed E-state index contributed by atoms with van der Waals surface area (Å²) in [5.41, 5.74) is 1.20. The highest BCUT2D eigenvalue weighted by Crippen LogP contribution is 2.10. The monoisotopic (exact) mass is 1130 g/mol. The van der Waals surface area contributed by atoms with Crippen molar-refractivity contribution in [1.82, 2.24) is 53.2 Å². The van der Waals surface area contributed by atoms with Gasteiger partial charge >= 0.3 is 24.1 Å². The highest BCUT2D eigenvalue weighted by Gasteiger charge is 2.35. The third-order valence-electron chi connectivity index (χ3n) is 11.0. The van der Waals surface area contributed by atoms with E-state index in [-0.39, 0.29) is 61.1 Å². The smallest absolute Gasteiger partial charge is 0.408 e. The van der Waals surface area contributed by atoms with E-state index in [1.165, 1.54) is 27.7 Å². The largest absolute Gasteiger partial charge is 0.461 e. The molecule has 2 aromatic carbocycles. The molecule has 1 aliphatic heterocycles. The van der Waals surface area contributed by atoms with E-state index in [4.69, 9.17) is 18.9 Å². The zero-order chi connectivity index (χ0) is 57.6. The Kier molecular flexibility index (Phi) is 29.0. The van der Waals surface area contributed by atoms with Crippen LogP contribution in [0, 0.1) is 0 Å². The average molecular weight is 1130 g/mol. The van der Waals surface area contributed by atoms with Crippen molar-refractivity contribution >= 4 is 94.9 Å². The first-order valence-electron chi connectivity index (χ1n) is 24.9. The van der Waals surface area contributed by atoms with E-state index in [0.717, 1.165) is 23.5 Å². The van der Waals surface area contributed by atoms with Gasteiger partial charge in [-0.2, -0.15) is 0 Å². The zero-order valence-electron chi connectivity index (χ0n) is 44.2. The third-order valence-corrected chi connectivity index (χ3v) is 12.8. The normalized spacial score (nSPS) is 22.4. The number of nitrogens with one attached hydrogen (secondary N) is 10. The second-order valence-corrected chi connectivity index (χ2v) is 19.6. The Morgan fingerprint density at radius 3 is 1.19 bits per heavy atom. The van der Waals surface area contributed by atoms with E-state index in [2.05, 4.69) is 53.2 Å². The Morgan fingerprint density at radius 1 is 0.513 bits per heavy atom. The van der Waals surface area contributed by atoms with Crippen molar-refractivity contribution in [2.75, 3.05) is 36.5 Å². The van der Waals surface area contributed by atoms with Crippen molar-refractivity contribution in [2.24, 2.45) is 0 Å². The minimum atomic E-state index is -1.72. The molecule has 428 valence electrons. The number of cyclic esters (lactones) is 2. The number of carbonyl (C=O) groups excluding carboxylic acids is 12. The Balaban J connectivity index is 2.05. The van der Waals surface area contributed by atoms with E-state index in [1.807, 2.05) is 0 Å². The average Bonchev–Trinajstić information content (AvgIpc) is 3.40. The molecule has 8 unspecified atom stereocenters. The third kappa shape index (κ3) is 24.6. The molecule has 0 radical (unpaired) electrons. The highest BCUT2D eigenvalue weighted by molar-refractivity contribution is 7.99. The molecule has 10 amide bonds. The van der Waals surface area contributed by atoms with Crippen molar-refractivity contribution in [3.05, 3.63) is 71.8 Å². The summed E-state index contributed by atoms with van der Waals surface area (Å²) >= 11 is 2.04. The molecule has 0 aliphatic carbocycles.